The van der Waals surface area contributed by atoms with Gasteiger partial charge in [-0.3, -0.25) is 0 Å². The van der Waals surface area contributed by atoms with Crippen molar-refractivity contribution in [1.82, 2.24) is 0 Å². The Hall–Kier alpha value is -8.32. The summed E-state index contributed by atoms with van der Waals surface area (Å²) in [6.45, 7) is 5.15. The fourth-order valence-corrected chi connectivity index (χ4v) is 10.9. The summed E-state index contributed by atoms with van der Waals surface area (Å²) < 4.78 is 44.4. The van der Waals surface area contributed by atoms with Gasteiger partial charge in [0.25, 0.3) is 0 Å². The van der Waals surface area contributed by atoms with Crippen LogP contribution in [0.5, 0.6) is 34.5 Å². The van der Waals surface area contributed by atoms with Gasteiger partial charge in [-0.25, -0.2) is 4.99 Å². The Labute approximate surface area is 435 Å². The molecule has 0 saturated carbocycles. The van der Waals surface area contributed by atoms with Crippen molar-refractivity contribution in [2.24, 2.45) is 4.99 Å². The third-order valence-corrected chi connectivity index (χ3v) is 14.9. The van der Waals surface area contributed by atoms with Crippen LogP contribution in [0.2, 0.25) is 0 Å². The maximum absolute atomic E-state index is 6.49. The Morgan fingerprint density at radius 3 is 1.08 bits per heavy atom. The van der Waals surface area contributed by atoms with E-state index in [4.69, 9.17) is 38.2 Å². The Morgan fingerprint density at radius 2 is 0.716 bits per heavy atom. The van der Waals surface area contributed by atoms with E-state index in [1.54, 1.807) is 0 Å². The zero-order valence-electron chi connectivity index (χ0n) is 41.4. The second-order valence-electron chi connectivity index (χ2n) is 17.9. The first-order valence-electron chi connectivity index (χ1n) is 25.1. The minimum absolute atomic E-state index is 0.141. The SMILES string of the molecule is CC[C@H]1COC(c2ccccc2P(c2ccc(OCc3cc(OCc4ccccc4)cc(OCc4ccccc4)c3)cc2)c2ccc(OCc3cc(OCc4ccccc4)cc(OCc4ccccc4)c3)cc2)=N1. The molecule has 1 aliphatic heterocycles. The van der Waals surface area contributed by atoms with Crippen LogP contribution in [0.25, 0.3) is 0 Å². The van der Waals surface area contributed by atoms with Crippen LogP contribution in [0.3, 0.4) is 0 Å². The van der Waals surface area contributed by atoms with Gasteiger partial charge in [-0.1, -0.05) is 171 Å². The van der Waals surface area contributed by atoms with E-state index in [9.17, 15) is 0 Å². The van der Waals surface area contributed by atoms with Gasteiger partial charge >= 0.3 is 0 Å². The van der Waals surface area contributed by atoms with Gasteiger partial charge in [0.15, 0.2) is 0 Å². The van der Waals surface area contributed by atoms with E-state index in [1.165, 1.54) is 0 Å². The Morgan fingerprint density at radius 1 is 0.378 bits per heavy atom. The molecule has 9 aromatic carbocycles. The summed E-state index contributed by atoms with van der Waals surface area (Å²) in [6.07, 6.45) is 0.920. The quantitative estimate of drug-likeness (QED) is 0.0591. The van der Waals surface area contributed by atoms with Crippen LogP contribution in [0, 0.1) is 0 Å². The lowest BCUT2D eigenvalue weighted by Crippen LogP contribution is -2.25. The topological polar surface area (TPSA) is 77.0 Å². The molecule has 9 heteroatoms. The first kappa shape index (κ1) is 49.3. The number of nitrogens with zero attached hydrogens (tertiary/aromatic N) is 1. The molecule has 0 amide bonds. The van der Waals surface area contributed by atoms with Crippen LogP contribution in [0.15, 0.2) is 236 Å². The van der Waals surface area contributed by atoms with Gasteiger partial charge in [-0.15, -0.1) is 0 Å². The highest BCUT2D eigenvalue weighted by atomic mass is 31.1. The highest BCUT2D eigenvalue weighted by Crippen LogP contribution is 2.37. The fourth-order valence-electron chi connectivity index (χ4n) is 8.49. The molecule has 1 heterocycles. The number of benzene rings is 9. The van der Waals surface area contributed by atoms with E-state index in [1.807, 2.05) is 109 Å². The van der Waals surface area contributed by atoms with Gasteiger partial charge in [0, 0.05) is 17.7 Å². The van der Waals surface area contributed by atoms with E-state index in [0.29, 0.717) is 75.1 Å². The van der Waals surface area contributed by atoms with Crippen LogP contribution >= 0.6 is 7.92 Å². The van der Waals surface area contributed by atoms with E-state index in [-0.39, 0.29) is 6.04 Å². The second kappa shape index (κ2) is 24.9. The molecule has 0 aliphatic carbocycles. The fraction of sp³-hybridized carbons (Fsp3) is 0.154. The summed E-state index contributed by atoms with van der Waals surface area (Å²) in [6, 6.07) is 78.1. The largest absolute Gasteiger partial charge is 0.489 e. The average molecular weight is 996 g/mol. The summed E-state index contributed by atoms with van der Waals surface area (Å²) in [7, 11) is -1.08. The molecule has 370 valence electrons. The predicted molar refractivity (Wildman–Crippen MR) is 296 cm³/mol. The summed E-state index contributed by atoms with van der Waals surface area (Å²) >= 11 is 0. The number of hydrogen-bond donors (Lipinski definition) is 0. The molecule has 0 spiro atoms. The number of ether oxygens (including phenoxy) is 7. The van der Waals surface area contributed by atoms with Crippen molar-refractivity contribution in [3.63, 3.8) is 0 Å². The van der Waals surface area contributed by atoms with Gasteiger partial charge in [0.2, 0.25) is 5.90 Å². The zero-order valence-corrected chi connectivity index (χ0v) is 42.3. The standard InChI is InChI=1S/C65H58NO7P/c1-2-54-47-73-65(66-54)63-25-15-16-26-64(63)74(61-31-27-55(28-32-61)67-45-52-35-57(69-41-48-17-7-3-8-18-48)39-58(36-52)70-42-49-19-9-4-10-20-49)62-33-29-56(30-34-62)68-46-53-37-59(71-43-50-21-11-5-12-22-50)40-60(38-53)72-44-51-23-13-6-14-24-51/h3-40,54H,2,41-47H2,1H3/t54-/m0/s1. The molecule has 0 bridgehead atoms. The van der Waals surface area contributed by atoms with Gasteiger partial charge in [-0.2, -0.15) is 0 Å². The first-order valence-corrected chi connectivity index (χ1v) is 26.4. The Balaban J connectivity index is 0.876. The van der Waals surface area contributed by atoms with Crippen LogP contribution in [0.4, 0.5) is 0 Å². The van der Waals surface area contributed by atoms with Crippen LogP contribution in [0.1, 0.15) is 52.3 Å². The second-order valence-corrected chi connectivity index (χ2v) is 20.1. The number of rotatable bonds is 23. The van der Waals surface area contributed by atoms with E-state index < -0.39 is 7.92 Å². The molecule has 0 N–H and O–H groups in total. The smallest absolute Gasteiger partial charge is 0.217 e. The third-order valence-electron chi connectivity index (χ3n) is 12.4. The molecular formula is C65H58NO7P. The molecule has 0 fully saturated rings. The van der Waals surface area contributed by atoms with Gasteiger partial charge in [0.05, 0.1) is 6.04 Å². The Kier molecular flexibility index (Phi) is 16.6. The lowest BCUT2D eigenvalue weighted by Gasteiger charge is -2.23. The zero-order chi connectivity index (χ0) is 50.2. The maximum Gasteiger partial charge on any atom is 0.217 e. The van der Waals surface area contributed by atoms with Crippen molar-refractivity contribution in [3.05, 3.63) is 269 Å². The summed E-state index contributed by atoms with van der Waals surface area (Å²) in [4.78, 5) is 5.00. The van der Waals surface area contributed by atoms with Crippen LogP contribution in [-0.4, -0.2) is 18.5 Å². The molecule has 0 unspecified atom stereocenters. The molecule has 0 saturated heterocycles. The van der Waals surface area contributed by atoms with E-state index in [0.717, 1.165) is 72.8 Å². The third kappa shape index (κ3) is 13.6. The highest BCUT2D eigenvalue weighted by molar-refractivity contribution is 7.80. The molecule has 0 aromatic heterocycles. The van der Waals surface area contributed by atoms with Crippen molar-refractivity contribution in [1.29, 1.82) is 0 Å². The highest BCUT2D eigenvalue weighted by Gasteiger charge is 2.26. The van der Waals surface area contributed by atoms with Crippen molar-refractivity contribution in [3.8, 4) is 34.5 Å². The minimum atomic E-state index is -1.08. The van der Waals surface area contributed by atoms with Crippen molar-refractivity contribution >= 4 is 29.7 Å². The maximum atomic E-state index is 6.49. The number of hydrogen-bond acceptors (Lipinski definition) is 8. The van der Waals surface area contributed by atoms with Gasteiger partial charge in [0.1, 0.15) is 80.7 Å². The van der Waals surface area contributed by atoms with E-state index in [2.05, 4.69) is 128 Å². The summed E-state index contributed by atoms with van der Waals surface area (Å²) in [5.74, 6) is 5.06. The summed E-state index contributed by atoms with van der Waals surface area (Å²) in [5, 5.41) is 3.47. The van der Waals surface area contributed by atoms with E-state index >= 15 is 0 Å². The molecule has 9 aromatic rings. The van der Waals surface area contributed by atoms with Gasteiger partial charge < -0.3 is 33.2 Å². The van der Waals surface area contributed by atoms with Crippen molar-refractivity contribution < 1.29 is 33.2 Å². The molecular weight excluding hydrogens is 938 g/mol. The van der Waals surface area contributed by atoms with Crippen molar-refractivity contribution in [2.45, 2.75) is 59.0 Å². The van der Waals surface area contributed by atoms with Gasteiger partial charge in [-0.05, 0) is 118 Å². The monoisotopic (exact) mass is 995 g/mol. The lowest BCUT2D eigenvalue weighted by atomic mass is 10.2. The predicted octanol–water partition coefficient (Wildman–Crippen LogP) is 13.5. The Bertz CT molecular complexity index is 2900. The molecule has 1 aliphatic rings. The molecule has 8 nitrogen and oxygen atoms in total. The summed E-state index contributed by atoms with van der Waals surface area (Å²) in [5.41, 5.74) is 7.23. The molecule has 0 radical (unpaired) electrons. The van der Waals surface area contributed by atoms with Crippen LogP contribution < -0.4 is 44.3 Å². The number of aliphatic imine (C=N–C) groups is 1. The minimum Gasteiger partial charge on any atom is -0.489 e. The average Bonchev–Trinajstić information content (AvgIpc) is 3.96. The molecule has 74 heavy (non-hydrogen) atoms. The molecule has 1 atom stereocenters. The lowest BCUT2D eigenvalue weighted by molar-refractivity contribution is 0.281. The normalized spacial score (nSPS) is 12.9. The van der Waals surface area contributed by atoms with Crippen LogP contribution in [-0.2, 0) is 44.4 Å². The molecule has 10 rings (SSSR count). The van der Waals surface area contributed by atoms with Crippen molar-refractivity contribution in [2.75, 3.05) is 6.61 Å². The first-order chi connectivity index (χ1) is 36.6.